The van der Waals surface area contributed by atoms with Crippen LogP contribution in [-0.4, -0.2) is 68.5 Å². The fraction of sp³-hybridized carbons (Fsp3) is 0.774. The summed E-state index contributed by atoms with van der Waals surface area (Å²) in [4.78, 5) is 24.9. The van der Waals surface area contributed by atoms with Crippen molar-refractivity contribution in [3.05, 3.63) is 36.5 Å². The van der Waals surface area contributed by atoms with E-state index in [-0.39, 0.29) is 12.5 Å². The molecule has 40 heavy (non-hydrogen) atoms. The van der Waals surface area contributed by atoms with Gasteiger partial charge in [0.25, 0.3) is 7.82 Å². The molecule has 0 aliphatic rings. The molecule has 0 bridgehead atoms. The molecule has 0 radical (unpaired) electrons. The molecule has 0 aromatic rings. The van der Waals surface area contributed by atoms with Crippen molar-refractivity contribution in [2.24, 2.45) is 0 Å². The number of nitrogens with zero attached hydrogens (tertiary/aromatic N) is 1. The summed E-state index contributed by atoms with van der Waals surface area (Å²) in [6, 6.07) is -0.900. The highest BCUT2D eigenvalue weighted by Crippen LogP contribution is 2.38. The molecule has 9 heteroatoms. The molecule has 0 aliphatic carbocycles. The predicted octanol–water partition coefficient (Wildman–Crippen LogP) is 6.21. The Hall–Kier alpha value is -1.28. The maximum Gasteiger partial charge on any atom is 0.268 e. The van der Waals surface area contributed by atoms with Crippen LogP contribution < -0.4 is 10.2 Å². The van der Waals surface area contributed by atoms with Crippen molar-refractivity contribution in [3.8, 4) is 0 Å². The van der Waals surface area contributed by atoms with Crippen LogP contribution in [0.25, 0.3) is 0 Å². The van der Waals surface area contributed by atoms with Crippen LogP contribution in [-0.2, 0) is 18.4 Å². The monoisotopic (exact) mass is 586 g/mol. The van der Waals surface area contributed by atoms with E-state index in [0.717, 1.165) is 44.9 Å². The zero-order chi connectivity index (χ0) is 30.1. The molecule has 0 aromatic carbocycles. The Bertz CT molecular complexity index is 763. The Balaban J connectivity index is 4.75. The van der Waals surface area contributed by atoms with E-state index >= 15 is 0 Å². The molecular weight excluding hydrogens is 527 g/mol. The molecule has 1 amide bonds. The van der Waals surface area contributed by atoms with E-state index in [0.29, 0.717) is 17.4 Å². The summed E-state index contributed by atoms with van der Waals surface area (Å²) in [5.74, 6) is -0.222. The summed E-state index contributed by atoms with van der Waals surface area (Å²) in [7, 11) is 1.22. The number of aliphatic hydroxyl groups excluding tert-OH is 1. The number of phosphoric ester groups is 1. The number of unbranched alkanes of at least 4 members (excludes halogenated alkanes) is 10. The van der Waals surface area contributed by atoms with Gasteiger partial charge in [0.2, 0.25) is 5.91 Å². The molecule has 3 unspecified atom stereocenters. The molecule has 0 rings (SSSR count). The molecule has 0 saturated carbocycles. The molecule has 8 nitrogen and oxygen atoms in total. The van der Waals surface area contributed by atoms with E-state index in [4.69, 9.17) is 9.05 Å². The van der Waals surface area contributed by atoms with Gasteiger partial charge in [-0.3, -0.25) is 9.36 Å². The van der Waals surface area contributed by atoms with Crippen molar-refractivity contribution in [1.82, 2.24) is 5.32 Å². The maximum absolute atomic E-state index is 12.6. The zero-order valence-corrected chi connectivity index (χ0v) is 26.9. The third kappa shape index (κ3) is 25.7. The Morgan fingerprint density at radius 2 is 1.45 bits per heavy atom. The number of carbonyl (C=O) groups is 1. The average Bonchev–Trinajstić information content (AvgIpc) is 2.88. The van der Waals surface area contributed by atoms with Gasteiger partial charge in [0, 0.05) is 6.42 Å². The molecule has 2 N–H and O–H groups in total. The standard InChI is InChI=1S/C31H59N2O6P/c1-6-8-10-12-14-16-18-20-22-24-30(34)29(28-39-40(36,37)38-27-26-33(3,4)5)32-31(35)25-23-21-19-17-15-13-11-9-7-2/h6,8,14,16,22,24,29-30,34H,7,9-13,15,17-21,23,25-28H2,1-5H3,(H-,32,35,36,37)/b8-6+,16-14+,24-22+. The van der Waals surface area contributed by atoms with Crippen LogP contribution in [0.1, 0.15) is 104 Å². The number of amides is 1. The highest BCUT2D eigenvalue weighted by molar-refractivity contribution is 7.45. The number of quaternary nitrogens is 1. The third-order valence-corrected chi connectivity index (χ3v) is 7.39. The van der Waals surface area contributed by atoms with Crippen LogP contribution in [0.15, 0.2) is 36.5 Å². The first-order valence-electron chi connectivity index (χ1n) is 15.3. The number of aliphatic hydroxyl groups is 1. The average molecular weight is 587 g/mol. The molecule has 0 heterocycles. The second kappa shape index (κ2) is 24.3. The van der Waals surface area contributed by atoms with Gasteiger partial charge in [-0.1, -0.05) is 94.7 Å². The topological polar surface area (TPSA) is 108 Å². The van der Waals surface area contributed by atoms with Crippen molar-refractivity contribution in [1.29, 1.82) is 0 Å². The molecule has 0 aliphatic heterocycles. The van der Waals surface area contributed by atoms with Crippen LogP contribution >= 0.6 is 7.82 Å². The van der Waals surface area contributed by atoms with Gasteiger partial charge in [0.15, 0.2) is 0 Å². The number of carbonyl (C=O) groups excluding carboxylic acids is 1. The Morgan fingerprint density at radius 1 is 0.900 bits per heavy atom. The van der Waals surface area contributed by atoms with Gasteiger partial charge in [-0.2, -0.15) is 0 Å². The number of hydrogen-bond donors (Lipinski definition) is 2. The number of nitrogens with one attached hydrogen (secondary N) is 1. The number of allylic oxidation sites excluding steroid dienone is 5. The summed E-state index contributed by atoms with van der Waals surface area (Å²) in [6.45, 7) is 4.30. The molecular formula is C31H59N2O6P. The lowest BCUT2D eigenvalue weighted by Gasteiger charge is -2.29. The highest BCUT2D eigenvalue weighted by atomic mass is 31.2. The fourth-order valence-electron chi connectivity index (χ4n) is 3.89. The molecule has 234 valence electrons. The van der Waals surface area contributed by atoms with Crippen molar-refractivity contribution in [2.45, 2.75) is 116 Å². The Morgan fingerprint density at radius 3 is 2.02 bits per heavy atom. The van der Waals surface area contributed by atoms with E-state index in [1.165, 1.54) is 38.5 Å². The minimum Gasteiger partial charge on any atom is -0.756 e. The van der Waals surface area contributed by atoms with Crippen LogP contribution in [0.5, 0.6) is 0 Å². The van der Waals surface area contributed by atoms with Crippen LogP contribution in [0, 0.1) is 0 Å². The van der Waals surface area contributed by atoms with E-state index in [9.17, 15) is 19.4 Å². The van der Waals surface area contributed by atoms with Crippen LogP contribution in [0.2, 0.25) is 0 Å². The SMILES string of the molecule is C/C=C/CC/C=C/CC/C=C/C(O)C(COP(=O)([O-])OCC[N+](C)(C)C)NC(=O)CCCCCCCCCCC. The van der Waals surface area contributed by atoms with Gasteiger partial charge in [-0.25, -0.2) is 0 Å². The lowest BCUT2D eigenvalue weighted by Crippen LogP contribution is -2.45. The summed E-state index contributed by atoms with van der Waals surface area (Å²) in [6.07, 6.45) is 25.0. The molecule has 0 saturated heterocycles. The second-order valence-electron chi connectivity index (χ2n) is 11.5. The molecule has 3 atom stereocenters. The van der Waals surface area contributed by atoms with Gasteiger partial charge in [-0.15, -0.1) is 0 Å². The van der Waals surface area contributed by atoms with Crippen molar-refractivity contribution >= 4 is 13.7 Å². The third-order valence-electron chi connectivity index (χ3n) is 6.43. The summed E-state index contributed by atoms with van der Waals surface area (Å²) >= 11 is 0. The minimum atomic E-state index is -4.57. The van der Waals surface area contributed by atoms with Crippen LogP contribution in [0.3, 0.4) is 0 Å². The van der Waals surface area contributed by atoms with E-state index in [2.05, 4.69) is 30.5 Å². The highest BCUT2D eigenvalue weighted by Gasteiger charge is 2.23. The first-order valence-corrected chi connectivity index (χ1v) is 16.8. The van der Waals surface area contributed by atoms with E-state index in [1.807, 2.05) is 40.2 Å². The fourth-order valence-corrected chi connectivity index (χ4v) is 4.62. The van der Waals surface area contributed by atoms with Crippen molar-refractivity contribution in [2.75, 3.05) is 40.9 Å². The first-order chi connectivity index (χ1) is 19.0. The van der Waals surface area contributed by atoms with Gasteiger partial charge in [-0.05, 0) is 39.0 Å². The lowest BCUT2D eigenvalue weighted by atomic mass is 10.1. The minimum absolute atomic E-state index is 0.00931. The van der Waals surface area contributed by atoms with Crippen LogP contribution in [0.4, 0.5) is 0 Å². The maximum atomic E-state index is 12.6. The normalized spacial score (nSPS) is 15.7. The van der Waals surface area contributed by atoms with Gasteiger partial charge >= 0.3 is 0 Å². The number of rotatable bonds is 26. The molecule has 0 fully saturated rings. The quantitative estimate of drug-likeness (QED) is 0.0540. The number of phosphoric acid groups is 1. The molecule has 0 aromatic heterocycles. The van der Waals surface area contributed by atoms with E-state index < -0.39 is 26.6 Å². The lowest BCUT2D eigenvalue weighted by molar-refractivity contribution is -0.870. The van der Waals surface area contributed by atoms with Gasteiger partial charge < -0.3 is 28.8 Å². The second-order valence-corrected chi connectivity index (χ2v) is 12.9. The Kier molecular flexibility index (Phi) is 23.6. The number of hydrogen-bond acceptors (Lipinski definition) is 6. The smallest absolute Gasteiger partial charge is 0.268 e. The van der Waals surface area contributed by atoms with Crippen molar-refractivity contribution in [3.63, 3.8) is 0 Å². The van der Waals surface area contributed by atoms with Crippen molar-refractivity contribution < 1.29 is 32.9 Å². The largest absolute Gasteiger partial charge is 0.756 e. The predicted molar refractivity (Wildman–Crippen MR) is 164 cm³/mol. The summed E-state index contributed by atoms with van der Waals surface area (Å²) in [5.41, 5.74) is 0. The zero-order valence-electron chi connectivity index (χ0n) is 26.0. The first kappa shape index (κ1) is 38.7. The summed E-state index contributed by atoms with van der Waals surface area (Å²) in [5, 5.41) is 13.5. The van der Waals surface area contributed by atoms with Gasteiger partial charge in [0.05, 0.1) is 39.9 Å². The molecule has 0 spiro atoms. The number of likely N-dealkylation sites (N-methyl/N-ethyl adjacent to an activating group) is 1. The summed E-state index contributed by atoms with van der Waals surface area (Å²) < 4.78 is 22.8. The van der Waals surface area contributed by atoms with Gasteiger partial charge in [0.1, 0.15) is 13.2 Å². The van der Waals surface area contributed by atoms with E-state index in [1.54, 1.807) is 6.08 Å². The Labute approximate surface area is 245 Å².